The molecule has 2 aromatic carbocycles. The summed E-state index contributed by atoms with van der Waals surface area (Å²) in [5, 5.41) is 0. The second-order valence-electron chi connectivity index (χ2n) is 7.10. The van der Waals surface area contributed by atoms with Crippen molar-refractivity contribution in [3.05, 3.63) is 88.5 Å². The highest BCUT2D eigenvalue weighted by Gasteiger charge is 2.34. The van der Waals surface area contributed by atoms with Crippen LogP contribution in [0.1, 0.15) is 27.1 Å². The number of thiophene rings is 1. The number of rotatable bonds is 5. The van der Waals surface area contributed by atoms with Crippen molar-refractivity contribution < 1.29 is 9.59 Å². The molecule has 0 N–H and O–H groups in total. The van der Waals surface area contributed by atoms with E-state index in [0.29, 0.717) is 34.3 Å². The van der Waals surface area contributed by atoms with E-state index in [2.05, 4.69) is 4.98 Å². The molecule has 5 rings (SSSR count). The van der Waals surface area contributed by atoms with Crippen LogP contribution in [0.3, 0.4) is 0 Å². The van der Waals surface area contributed by atoms with Gasteiger partial charge in [-0.2, -0.15) is 0 Å². The number of aromatic nitrogens is 2. The maximum Gasteiger partial charge on any atom is 0.271 e. The van der Waals surface area contributed by atoms with Gasteiger partial charge in [0.1, 0.15) is 4.70 Å². The van der Waals surface area contributed by atoms with Crippen LogP contribution in [0.2, 0.25) is 0 Å². The molecular formula is C23H17N3O3S. The largest absolute Gasteiger partial charge is 0.298 e. The third-order valence-electron chi connectivity index (χ3n) is 5.22. The molecule has 1 aliphatic heterocycles. The van der Waals surface area contributed by atoms with E-state index >= 15 is 0 Å². The molecule has 30 heavy (non-hydrogen) atoms. The summed E-state index contributed by atoms with van der Waals surface area (Å²) >= 11 is 1.43. The van der Waals surface area contributed by atoms with Crippen LogP contribution in [0, 0.1) is 0 Å². The molecule has 3 heterocycles. The molecule has 7 heteroatoms. The number of hydrogen-bond donors (Lipinski definition) is 0. The summed E-state index contributed by atoms with van der Waals surface area (Å²) in [5.74, 6) is -0.551. The third kappa shape index (κ3) is 3.04. The van der Waals surface area contributed by atoms with Gasteiger partial charge >= 0.3 is 0 Å². The molecule has 0 fully saturated rings. The lowest BCUT2D eigenvalue weighted by Crippen LogP contribution is -2.32. The fourth-order valence-corrected chi connectivity index (χ4v) is 4.76. The molecule has 2 amide bonds. The Morgan fingerprint density at radius 2 is 1.50 bits per heavy atom. The number of carbonyl (C=O) groups is 2. The molecule has 0 unspecified atom stereocenters. The first-order valence-electron chi connectivity index (χ1n) is 9.63. The van der Waals surface area contributed by atoms with Gasteiger partial charge in [0.25, 0.3) is 17.4 Å². The minimum Gasteiger partial charge on any atom is -0.298 e. The molecule has 6 nitrogen and oxygen atoms in total. The predicted octanol–water partition coefficient (Wildman–Crippen LogP) is 3.81. The first-order chi connectivity index (χ1) is 14.6. The minimum atomic E-state index is -0.276. The van der Waals surface area contributed by atoms with Crippen molar-refractivity contribution in [2.45, 2.75) is 13.0 Å². The topological polar surface area (TPSA) is 72.3 Å². The Labute approximate surface area is 176 Å². The summed E-state index contributed by atoms with van der Waals surface area (Å²) in [6, 6.07) is 18.7. The van der Waals surface area contributed by atoms with Crippen molar-refractivity contribution >= 4 is 33.4 Å². The normalized spacial score (nSPS) is 13.3. The van der Waals surface area contributed by atoms with Crippen LogP contribution in [0.4, 0.5) is 0 Å². The molecule has 4 aromatic rings. The fourth-order valence-electron chi connectivity index (χ4n) is 3.69. The van der Waals surface area contributed by atoms with Crippen LogP contribution in [-0.2, 0) is 6.54 Å². The highest BCUT2D eigenvalue weighted by atomic mass is 32.1. The molecule has 0 spiro atoms. The number of nitrogens with zero attached hydrogens (tertiary/aromatic N) is 3. The number of imide groups is 1. The van der Waals surface area contributed by atoms with Gasteiger partial charge in [-0.3, -0.25) is 23.9 Å². The first kappa shape index (κ1) is 18.4. The van der Waals surface area contributed by atoms with Gasteiger partial charge < -0.3 is 0 Å². The lowest BCUT2D eigenvalue weighted by molar-refractivity contribution is 0.0650. The molecule has 2 aromatic heterocycles. The van der Waals surface area contributed by atoms with Gasteiger partial charge in [0, 0.05) is 18.0 Å². The Bertz CT molecular complexity index is 1310. The quantitative estimate of drug-likeness (QED) is 0.465. The summed E-state index contributed by atoms with van der Waals surface area (Å²) in [5.41, 5.74) is 2.51. The summed E-state index contributed by atoms with van der Waals surface area (Å²) in [6.45, 7) is 0.643. The zero-order valence-corrected chi connectivity index (χ0v) is 16.8. The van der Waals surface area contributed by atoms with E-state index in [9.17, 15) is 14.4 Å². The SMILES string of the molecule is O=C1c2ccccc2C(=O)N1CCCn1cnc2cc(-c3ccccc3)sc2c1=O. The van der Waals surface area contributed by atoms with E-state index < -0.39 is 0 Å². The minimum absolute atomic E-state index is 0.102. The number of fused-ring (bicyclic) bond motifs is 2. The lowest BCUT2D eigenvalue weighted by atomic mass is 10.1. The Kier molecular flexibility index (Phi) is 4.52. The van der Waals surface area contributed by atoms with Gasteiger partial charge in [0.2, 0.25) is 0 Å². The number of aryl methyl sites for hydroxylation is 1. The van der Waals surface area contributed by atoms with E-state index in [4.69, 9.17) is 0 Å². The van der Waals surface area contributed by atoms with Crippen molar-refractivity contribution in [1.29, 1.82) is 0 Å². The maximum atomic E-state index is 12.9. The molecule has 0 saturated heterocycles. The van der Waals surface area contributed by atoms with Gasteiger partial charge in [0.15, 0.2) is 0 Å². The van der Waals surface area contributed by atoms with Crippen LogP contribution in [0.15, 0.2) is 71.8 Å². The predicted molar refractivity (Wildman–Crippen MR) is 116 cm³/mol. The smallest absolute Gasteiger partial charge is 0.271 e. The van der Waals surface area contributed by atoms with Crippen molar-refractivity contribution in [3.63, 3.8) is 0 Å². The van der Waals surface area contributed by atoms with Crippen molar-refractivity contribution in [1.82, 2.24) is 14.5 Å². The summed E-state index contributed by atoms with van der Waals surface area (Å²) in [6.07, 6.45) is 2.02. The fraction of sp³-hybridized carbons (Fsp3) is 0.130. The number of amides is 2. The molecule has 0 saturated carbocycles. The van der Waals surface area contributed by atoms with Crippen LogP contribution in [0.25, 0.3) is 20.7 Å². The maximum absolute atomic E-state index is 12.9. The average molecular weight is 415 g/mol. The highest BCUT2D eigenvalue weighted by molar-refractivity contribution is 7.22. The molecule has 1 aliphatic rings. The highest BCUT2D eigenvalue weighted by Crippen LogP contribution is 2.30. The standard InChI is InChI=1S/C23H17N3O3S/c27-21-16-9-4-5-10-17(16)22(28)26(21)12-6-11-25-14-24-18-13-19(30-20(18)23(25)29)15-7-2-1-3-8-15/h1-5,7-10,13-14H,6,11-12H2. The van der Waals surface area contributed by atoms with Crippen molar-refractivity contribution in [2.24, 2.45) is 0 Å². The van der Waals surface area contributed by atoms with E-state index in [1.165, 1.54) is 22.6 Å². The molecule has 0 aliphatic carbocycles. The summed E-state index contributed by atoms with van der Waals surface area (Å²) < 4.78 is 2.16. The summed E-state index contributed by atoms with van der Waals surface area (Å²) in [7, 11) is 0. The molecule has 0 bridgehead atoms. The van der Waals surface area contributed by atoms with Gasteiger partial charge in [-0.15, -0.1) is 11.3 Å². The summed E-state index contributed by atoms with van der Waals surface area (Å²) in [4.78, 5) is 44.5. The van der Waals surface area contributed by atoms with E-state index in [1.807, 2.05) is 36.4 Å². The molecule has 148 valence electrons. The number of benzene rings is 2. The average Bonchev–Trinajstić information content (AvgIpc) is 3.32. The van der Waals surface area contributed by atoms with E-state index in [1.54, 1.807) is 28.8 Å². The van der Waals surface area contributed by atoms with E-state index in [-0.39, 0.29) is 23.9 Å². The number of carbonyl (C=O) groups excluding carboxylic acids is 2. The Hall–Kier alpha value is -3.58. The van der Waals surface area contributed by atoms with Crippen LogP contribution in [0.5, 0.6) is 0 Å². The zero-order chi connectivity index (χ0) is 20.7. The van der Waals surface area contributed by atoms with Crippen LogP contribution in [-0.4, -0.2) is 32.8 Å². The van der Waals surface area contributed by atoms with E-state index in [0.717, 1.165) is 10.4 Å². The van der Waals surface area contributed by atoms with Gasteiger partial charge in [-0.1, -0.05) is 42.5 Å². The van der Waals surface area contributed by atoms with Gasteiger partial charge in [-0.25, -0.2) is 4.98 Å². The van der Waals surface area contributed by atoms with Gasteiger partial charge in [-0.05, 0) is 30.2 Å². The van der Waals surface area contributed by atoms with Crippen molar-refractivity contribution in [3.8, 4) is 10.4 Å². The molecule has 0 radical (unpaired) electrons. The second-order valence-corrected chi connectivity index (χ2v) is 8.15. The Morgan fingerprint density at radius 3 is 2.20 bits per heavy atom. The third-order valence-corrected chi connectivity index (χ3v) is 6.38. The van der Waals surface area contributed by atoms with Crippen LogP contribution < -0.4 is 5.56 Å². The van der Waals surface area contributed by atoms with Crippen LogP contribution >= 0.6 is 11.3 Å². The lowest BCUT2D eigenvalue weighted by Gasteiger charge is -2.14. The van der Waals surface area contributed by atoms with Gasteiger partial charge in [0.05, 0.1) is 23.0 Å². The molecular weight excluding hydrogens is 398 g/mol. The second kappa shape index (κ2) is 7.35. The monoisotopic (exact) mass is 415 g/mol. The van der Waals surface area contributed by atoms with Crippen molar-refractivity contribution in [2.75, 3.05) is 6.54 Å². The Balaban J connectivity index is 1.33. The number of hydrogen-bond acceptors (Lipinski definition) is 5. The first-order valence-corrected chi connectivity index (χ1v) is 10.4. The zero-order valence-electron chi connectivity index (χ0n) is 15.9. The Morgan fingerprint density at radius 1 is 0.833 bits per heavy atom. The molecule has 0 atom stereocenters.